The molecule has 4 aromatic rings. The lowest BCUT2D eigenvalue weighted by atomic mass is 9.98. The van der Waals surface area contributed by atoms with Crippen LogP contribution in [0.2, 0.25) is 0 Å². The van der Waals surface area contributed by atoms with E-state index in [0.29, 0.717) is 11.3 Å². The van der Waals surface area contributed by atoms with Gasteiger partial charge in [0.05, 0.1) is 11.9 Å². The van der Waals surface area contributed by atoms with Crippen LogP contribution >= 0.6 is 0 Å². The van der Waals surface area contributed by atoms with Crippen molar-refractivity contribution in [2.75, 3.05) is 0 Å². The van der Waals surface area contributed by atoms with Crippen molar-refractivity contribution >= 4 is 22.9 Å². The highest BCUT2D eigenvalue weighted by atomic mass is 16.3. The van der Waals surface area contributed by atoms with Crippen molar-refractivity contribution in [3.8, 4) is 22.8 Å². The van der Waals surface area contributed by atoms with E-state index in [1.807, 2.05) is 0 Å². The first kappa shape index (κ1) is 17.9. The molecular weight excluding hydrogens is 380 g/mol. The Morgan fingerprint density at radius 2 is 1.90 bits per heavy atom. The number of phenolic OH excluding ortho intramolecular Hbond substituents is 2. The number of aromatic amines is 1. The molecule has 1 heterocycles. The molecule has 0 unspecified atom stereocenters. The van der Waals surface area contributed by atoms with E-state index >= 15 is 0 Å². The number of carbonyl (C=O) groups is 1. The van der Waals surface area contributed by atoms with Gasteiger partial charge in [-0.15, -0.1) is 0 Å². The van der Waals surface area contributed by atoms with Gasteiger partial charge in [-0.1, -0.05) is 30.3 Å². The second-order valence-corrected chi connectivity index (χ2v) is 7.22. The van der Waals surface area contributed by atoms with E-state index in [-0.39, 0.29) is 17.2 Å². The van der Waals surface area contributed by atoms with Crippen LogP contribution in [-0.4, -0.2) is 32.5 Å². The average molecular weight is 398 g/mol. The summed E-state index contributed by atoms with van der Waals surface area (Å²) in [6.45, 7) is 0. The second kappa shape index (κ2) is 7.04. The number of nitrogens with one attached hydrogen (secondary N) is 2. The quantitative estimate of drug-likeness (QED) is 0.311. The predicted molar refractivity (Wildman–Crippen MR) is 114 cm³/mol. The van der Waals surface area contributed by atoms with Crippen molar-refractivity contribution in [3.05, 3.63) is 77.0 Å². The topological polar surface area (TPSA) is 111 Å². The van der Waals surface area contributed by atoms with Gasteiger partial charge in [-0.2, -0.15) is 10.2 Å². The van der Waals surface area contributed by atoms with E-state index in [1.165, 1.54) is 40.9 Å². The van der Waals surface area contributed by atoms with Gasteiger partial charge in [0.15, 0.2) is 0 Å². The Bertz CT molecular complexity index is 1310. The van der Waals surface area contributed by atoms with Crippen molar-refractivity contribution in [3.63, 3.8) is 0 Å². The van der Waals surface area contributed by atoms with Crippen molar-refractivity contribution in [1.29, 1.82) is 0 Å². The molecule has 1 aromatic heterocycles. The first-order chi connectivity index (χ1) is 14.6. The van der Waals surface area contributed by atoms with Crippen LogP contribution in [0.1, 0.15) is 27.2 Å². The number of aromatic hydroxyl groups is 2. The van der Waals surface area contributed by atoms with Gasteiger partial charge >= 0.3 is 0 Å². The zero-order valence-electron chi connectivity index (χ0n) is 15.9. The standard InChI is InChI=1S/C23H18N4O3/c28-16-8-6-15(21(29)10-16)12-24-27-23(30)20-11-19(25-26-20)17-9-7-14-5-4-13-2-1-3-18(17)22(13)14/h1-3,6-12,28-29H,4-5H2,(H,25,26)(H,27,30)/b24-12-. The maximum Gasteiger partial charge on any atom is 0.289 e. The molecule has 5 rings (SSSR count). The number of hydrogen-bond donors (Lipinski definition) is 4. The number of phenols is 2. The summed E-state index contributed by atoms with van der Waals surface area (Å²) in [7, 11) is 0. The Balaban J connectivity index is 1.38. The highest BCUT2D eigenvalue weighted by molar-refractivity contribution is 6.02. The third kappa shape index (κ3) is 3.06. The van der Waals surface area contributed by atoms with Gasteiger partial charge in [-0.3, -0.25) is 9.89 Å². The van der Waals surface area contributed by atoms with E-state index in [1.54, 1.807) is 6.07 Å². The average Bonchev–Trinajstić information content (AvgIpc) is 3.39. The summed E-state index contributed by atoms with van der Waals surface area (Å²) in [6.07, 6.45) is 3.41. The molecule has 0 atom stereocenters. The largest absolute Gasteiger partial charge is 0.508 e. The predicted octanol–water partition coefficient (Wildman–Crippen LogP) is 3.50. The number of hydrogen-bond acceptors (Lipinski definition) is 5. The summed E-state index contributed by atoms with van der Waals surface area (Å²) in [5.74, 6) is -0.639. The third-order valence-corrected chi connectivity index (χ3v) is 5.36. The number of aryl methyl sites for hydroxylation is 2. The van der Waals surface area contributed by atoms with Crippen molar-refractivity contribution < 1.29 is 15.0 Å². The Morgan fingerprint density at radius 3 is 2.73 bits per heavy atom. The van der Waals surface area contributed by atoms with Gasteiger partial charge in [0.25, 0.3) is 5.91 Å². The fourth-order valence-electron chi connectivity index (χ4n) is 3.91. The summed E-state index contributed by atoms with van der Waals surface area (Å²) in [4.78, 5) is 12.4. The molecule has 7 nitrogen and oxygen atoms in total. The summed E-state index contributed by atoms with van der Waals surface area (Å²) in [5.41, 5.74) is 7.42. The van der Waals surface area contributed by atoms with E-state index in [9.17, 15) is 15.0 Å². The lowest BCUT2D eigenvalue weighted by molar-refractivity contribution is 0.0950. The summed E-state index contributed by atoms with van der Waals surface area (Å²) < 4.78 is 0. The van der Waals surface area contributed by atoms with Gasteiger partial charge < -0.3 is 10.2 Å². The molecule has 0 saturated heterocycles. The molecule has 7 heteroatoms. The van der Waals surface area contributed by atoms with Crippen LogP contribution in [0.5, 0.6) is 11.5 Å². The number of nitrogens with zero attached hydrogens (tertiary/aromatic N) is 2. The molecule has 4 N–H and O–H groups in total. The zero-order valence-corrected chi connectivity index (χ0v) is 15.9. The Labute approximate surface area is 171 Å². The minimum Gasteiger partial charge on any atom is -0.508 e. The SMILES string of the molecule is O=C(N/N=C\c1ccc(O)cc1O)c1cc(-c2ccc3c4c(cccc24)CC3)n[nH]1. The third-order valence-electron chi connectivity index (χ3n) is 5.36. The van der Waals surface area contributed by atoms with Gasteiger partial charge in [-0.05, 0) is 52.9 Å². The zero-order chi connectivity index (χ0) is 20.7. The molecular formula is C23H18N4O3. The second-order valence-electron chi connectivity index (χ2n) is 7.22. The van der Waals surface area contributed by atoms with E-state index in [4.69, 9.17) is 0 Å². The molecule has 0 aliphatic heterocycles. The molecule has 1 amide bonds. The maximum absolute atomic E-state index is 12.4. The maximum atomic E-state index is 12.4. The molecule has 0 fully saturated rings. The van der Waals surface area contributed by atoms with Crippen LogP contribution in [0, 0.1) is 0 Å². The number of aromatic nitrogens is 2. The van der Waals surface area contributed by atoms with E-state index in [0.717, 1.165) is 23.8 Å². The lowest BCUT2D eigenvalue weighted by Crippen LogP contribution is -2.18. The number of hydrazone groups is 1. The summed E-state index contributed by atoms with van der Waals surface area (Å²) in [5, 5.41) is 32.4. The van der Waals surface area contributed by atoms with E-state index in [2.05, 4.69) is 51.1 Å². The molecule has 0 radical (unpaired) electrons. The fourth-order valence-corrected chi connectivity index (χ4v) is 3.91. The van der Waals surface area contributed by atoms with Crippen molar-refractivity contribution in [1.82, 2.24) is 15.6 Å². The number of benzene rings is 3. The van der Waals surface area contributed by atoms with Crippen LogP contribution in [0.4, 0.5) is 0 Å². The number of H-pyrrole nitrogens is 1. The summed E-state index contributed by atoms with van der Waals surface area (Å²) >= 11 is 0. The highest BCUT2D eigenvalue weighted by Gasteiger charge is 2.18. The summed E-state index contributed by atoms with van der Waals surface area (Å²) in [6, 6.07) is 16.3. The highest BCUT2D eigenvalue weighted by Crippen LogP contribution is 2.36. The van der Waals surface area contributed by atoms with Gasteiger partial charge in [0.1, 0.15) is 17.2 Å². The molecule has 0 spiro atoms. The molecule has 1 aliphatic carbocycles. The van der Waals surface area contributed by atoms with Gasteiger partial charge in [0, 0.05) is 17.2 Å². The molecule has 1 aliphatic rings. The number of carbonyl (C=O) groups excluding carboxylic acids is 1. The monoisotopic (exact) mass is 398 g/mol. The van der Waals surface area contributed by atoms with Crippen LogP contribution < -0.4 is 5.43 Å². The van der Waals surface area contributed by atoms with Crippen LogP contribution in [0.15, 0.2) is 59.7 Å². The van der Waals surface area contributed by atoms with Crippen molar-refractivity contribution in [2.24, 2.45) is 5.10 Å². The van der Waals surface area contributed by atoms with Crippen molar-refractivity contribution in [2.45, 2.75) is 12.8 Å². The van der Waals surface area contributed by atoms with Gasteiger partial charge in [0.2, 0.25) is 0 Å². The fraction of sp³-hybridized carbons (Fsp3) is 0.0870. The van der Waals surface area contributed by atoms with Crippen LogP contribution in [0.3, 0.4) is 0 Å². The Morgan fingerprint density at radius 1 is 1.07 bits per heavy atom. The smallest absolute Gasteiger partial charge is 0.289 e. The molecule has 148 valence electrons. The minimum absolute atomic E-state index is 0.0540. The Kier molecular flexibility index (Phi) is 4.21. The number of rotatable bonds is 4. The normalized spacial score (nSPS) is 12.7. The van der Waals surface area contributed by atoms with Crippen LogP contribution in [-0.2, 0) is 12.8 Å². The first-order valence-electron chi connectivity index (χ1n) is 9.55. The van der Waals surface area contributed by atoms with Gasteiger partial charge in [-0.25, -0.2) is 5.43 Å². The van der Waals surface area contributed by atoms with E-state index < -0.39 is 5.91 Å². The molecule has 30 heavy (non-hydrogen) atoms. The van der Waals surface area contributed by atoms with Crippen LogP contribution in [0.25, 0.3) is 22.0 Å². The molecule has 3 aromatic carbocycles. The first-order valence-corrected chi connectivity index (χ1v) is 9.55. The minimum atomic E-state index is -0.450. The molecule has 0 bridgehead atoms. The lowest BCUT2D eigenvalue weighted by Gasteiger charge is -2.06. The Hall–Kier alpha value is -4.13. The number of amides is 1. The molecule has 0 saturated carbocycles.